The smallest absolute Gasteiger partial charge is 0.0719 e. The highest BCUT2D eigenvalue weighted by molar-refractivity contribution is 5.57. The molecule has 0 aliphatic rings. The Bertz CT molecular complexity index is 422. The summed E-state index contributed by atoms with van der Waals surface area (Å²) < 4.78 is 5.39. The molecule has 0 aromatic heterocycles. The fraction of sp³-hybridized carbons (Fsp3) is 0.625. The number of anilines is 1. The maximum atomic E-state index is 6.14. The van der Waals surface area contributed by atoms with Crippen LogP contribution in [0.3, 0.4) is 0 Å². The van der Waals surface area contributed by atoms with Crippen molar-refractivity contribution in [3.05, 3.63) is 28.8 Å². The van der Waals surface area contributed by atoms with E-state index in [-0.39, 0.29) is 10.8 Å². The lowest BCUT2D eigenvalue weighted by atomic mass is 9.75. The number of nitrogen functional groups attached to an aromatic ring is 1. The minimum absolute atomic E-state index is 0.00426. The number of hydrogen-bond donors (Lipinski definition) is 1. The molecule has 0 unspecified atom stereocenters. The van der Waals surface area contributed by atoms with E-state index in [4.69, 9.17) is 10.5 Å². The molecule has 0 bridgehead atoms. The number of hydrogen-bond acceptors (Lipinski definition) is 2. The van der Waals surface area contributed by atoms with Crippen molar-refractivity contribution in [2.45, 2.75) is 59.0 Å². The Hall–Kier alpha value is -1.02. The summed E-state index contributed by atoms with van der Waals surface area (Å²) in [5.74, 6) is 0. The van der Waals surface area contributed by atoms with Crippen LogP contribution < -0.4 is 5.73 Å². The minimum Gasteiger partial charge on any atom is -0.398 e. The fourth-order valence-electron chi connectivity index (χ4n) is 2.43. The van der Waals surface area contributed by atoms with Gasteiger partial charge in [0.15, 0.2) is 0 Å². The molecule has 18 heavy (non-hydrogen) atoms. The third-order valence-corrected chi connectivity index (χ3v) is 3.11. The summed E-state index contributed by atoms with van der Waals surface area (Å²) in [5, 5.41) is 0. The third kappa shape index (κ3) is 3.05. The first-order valence-corrected chi connectivity index (χ1v) is 6.42. The Kier molecular flexibility index (Phi) is 4.12. The Balaban J connectivity index is 3.58. The van der Waals surface area contributed by atoms with Crippen molar-refractivity contribution >= 4 is 5.69 Å². The highest BCUT2D eigenvalue weighted by atomic mass is 16.5. The van der Waals surface area contributed by atoms with Crippen LogP contribution in [0.2, 0.25) is 0 Å². The van der Waals surface area contributed by atoms with Gasteiger partial charge < -0.3 is 10.5 Å². The molecule has 2 nitrogen and oxygen atoms in total. The van der Waals surface area contributed by atoms with Gasteiger partial charge in [0.25, 0.3) is 0 Å². The number of nitrogens with two attached hydrogens (primary N) is 1. The van der Waals surface area contributed by atoms with Gasteiger partial charge in [0.1, 0.15) is 0 Å². The van der Waals surface area contributed by atoms with Crippen LogP contribution in [0, 0.1) is 6.07 Å². The van der Waals surface area contributed by atoms with Crippen LogP contribution in [0.4, 0.5) is 5.69 Å². The average molecular weight is 248 g/mol. The van der Waals surface area contributed by atoms with Gasteiger partial charge in [-0.2, -0.15) is 0 Å². The van der Waals surface area contributed by atoms with Gasteiger partial charge in [-0.3, -0.25) is 0 Å². The normalized spacial score (nSPS) is 12.8. The van der Waals surface area contributed by atoms with Gasteiger partial charge in [0, 0.05) is 18.9 Å². The van der Waals surface area contributed by atoms with E-state index in [9.17, 15) is 0 Å². The summed E-state index contributed by atoms with van der Waals surface area (Å²) >= 11 is 0. The largest absolute Gasteiger partial charge is 0.398 e. The molecule has 0 aliphatic heterocycles. The van der Waals surface area contributed by atoms with Crippen molar-refractivity contribution in [3.63, 3.8) is 0 Å². The van der Waals surface area contributed by atoms with E-state index < -0.39 is 0 Å². The quantitative estimate of drug-likeness (QED) is 0.808. The van der Waals surface area contributed by atoms with Gasteiger partial charge in [-0.15, -0.1) is 0 Å². The molecule has 0 amide bonds. The molecule has 0 saturated carbocycles. The second-order valence-electron chi connectivity index (χ2n) is 6.90. The Labute approximate surface area is 112 Å². The van der Waals surface area contributed by atoms with Gasteiger partial charge in [0.2, 0.25) is 0 Å². The van der Waals surface area contributed by atoms with E-state index in [0.717, 1.165) is 11.3 Å². The van der Waals surface area contributed by atoms with Crippen molar-refractivity contribution in [2.75, 3.05) is 12.8 Å². The maximum Gasteiger partial charge on any atom is 0.0719 e. The fourth-order valence-corrected chi connectivity index (χ4v) is 2.43. The summed E-state index contributed by atoms with van der Waals surface area (Å²) in [5.41, 5.74) is 10.6. The van der Waals surface area contributed by atoms with Gasteiger partial charge in [0.05, 0.1) is 6.61 Å². The summed E-state index contributed by atoms with van der Waals surface area (Å²) in [7, 11) is 1.73. The molecular formula is C16H26NO. The monoisotopic (exact) mass is 248 g/mol. The zero-order chi connectivity index (χ0) is 14.1. The summed E-state index contributed by atoms with van der Waals surface area (Å²) in [6.07, 6.45) is 0. The SMILES string of the molecule is COCc1c(C(C)(C)C)c[c]c(N)c1C(C)(C)C. The highest BCUT2D eigenvalue weighted by Crippen LogP contribution is 2.37. The van der Waals surface area contributed by atoms with Crippen molar-refractivity contribution in [1.29, 1.82) is 0 Å². The van der Waals surface area contributed by atoms with E-state index in [1.165, 1.54) is 11.1 Å². The molecule has 0 aliphatic carbocycles. The highest BCUT2D eigenvalue weighted by Gasteiger charge is 2.27. The molecular weight excluding hydrogens is 222 g/mol. The van der Waals surface area contributed by atoms with Crippen molar-refractivity contribution < 1.29 is 4.74 Å². The van der Waals surface area contributed by atoms with Gasteiger partial charge in [-0.05, 0) is 33.6 Å². The molecule has 1 aromatic carbocycles. The van der Waals surface area contributed by atoms with E-state index in [1.54, 1.807) is 7.11 Å². The first-order chi connectivity index (χ1) is 8.09. The van der Waals surface area contributed by atoms with Crippen LogP contribution in [0.5, 0.6) is 0 Å². The second kappa shape index (κ2) is 4.93. The Morgan fingerprint density at radius 3 is 2.06 bits per heavy atom. The predicted octanol–water partition coefficient (Wildman–Crippen LogP) is 3.81. The van der Waals surface area contributed by atoms with E-state index >= 15 is 0 Å². The summed E-state index contributed by atoms with van der Waals surface area (Å²) in [4.78, 5) is 0. The van der Waals surface area contributed by atoms with Crippen molar-refractivity contribution in [1.82, 2.24) is 0 Å². The third-order valence-electron chi connectivity index (χ3n) is 3.11. The lowest BCUT2D eigenvalue weighted by Crippen LogP contribution is -2.23. The van der Waals surface area contributed by atoms with Crippen LogP contribution in [0.1, 0.15) is 58.2 Å². The molecule has 0 heterocycles. The molecule has 1 radical (unpaired) electrons. The van der Waals surface area contributed by atoms with Crippen LogP contribution >= 0.6 is 0 Å². The standard InChI is InChI=1S/C16H26NO/c1-15(2,3)12-8-9-13(17)14(16(4,5)6)11(12)10-18-7/h8H,10,17H2,1-7H3. The number of rotatable bonds is 2. The Morgan fingerprint density at radius 2 is 1.67 bits per heavy atom. The number of methoxy groups -OCH3 is 1. The number of ether oxygens (including phenoxy) is 1. The van der Waals surface area contributed by atoms with Crippen LogP contribution in [0.15, 0.2) is 6.07 Å². The van der Waals surface area contributed by atoms with Crippen LogP contribution in [-0.4, -0.2) is 7.11 Å². The lowest BCUT2D eigenvalue weighted by Gasteiger charge is -2.31. The van der Waals surface area contributed by atoms with Crippen LogP contribution in [0.25, 0.3) is 0 Å². The molecule has 1 aromatic rings. The molecule has 0 saturated heterocycles. The molecule has 0 spiro atoms. The van der Waals surface area contributed by atoms with E-state index in [2.05, 4.69) is 47.6 Å². The van der Waals surface area contributed by atoms with Gasteiger partial charge >= 0.3 is 0 Å². The second-order valence-corrected chi connectivity index (χ2v) is 6.90. The molecule has 2 N–H and O–H groups in total. The Morgan fingerprint density at radius 1 is 1.11 bits per heavy atom. The summed E-state index contributed by atoms with van der Waals surface area (Å²) in [6, 6.07) is 5.22. The maximum absolute atomic E-state index is 6.14. The lowest BCUT2D eigenvalue weighted by molar-refractivity contribution is 0.181. The van der Waals surface area contributed by atoms with E-state index in [1.807, 2.05) is 6.07 Å². The van der Waals surface area contributed by atoms with Gasteiger partial charge in [-0.25, -0.2) is 0 Å². The minimum atomic E-state index is -0.00426. The predicted molar refractivity (Wildman–Crippen MR) is 77.8 cm³/mol. The zero-order valence-electron chi connectivity index (χ0n) is 12.8. The van der Waals surface area contributed by atoms with E-state index in [0.29, 0.717) is 6.61 Å². The average Bonchev–Trinajstić information content (AvgIpc) is 2.13. The molecule has 101 valence electrons. The van der Waals surface area contributed by atoms with Crippen molar-refractivity contribution in [3.8, 4) is 0 Å². The summed E-state index contributed by atoms with van der Waals surface area (Å²) in [6.45, 7) is 13.8. The van der Waals surface area contributed by atoms with Crippen LogP contribution in [-0.2, 0) is 22.2 Å². The molecule has 2 heteroatoms. The molecule has 0 fully saturated rings. The first-order valence-electron chi connectivity index (χ1n) is 6.42. The van der Waals surface area contributed by atoms with Gasteiger partial charge in [-0.1, -0.05) is 41.5 Å². The first kappa shape index (κ1) is 15.0. The topological polar surface area (TPSA) is 35.2 Å². The molecule has 1 rings (SSSR count). The number of benzene rings is 1. The zero-order valence-corrected chi connectivity index (χ0v) is 12.8. The van der Waals surface area contributed by atoms with Crippen molar-refractivity contribution in [2.24, 2.45) is 0 Å². The molecule has 0 atom stereocenters.